The zero-order chi connectivity index (χ0) is 15.7. The molecule has 1 aliphatic rings. The van der Waals surface area contributed by atoms with Gasteiger partial charge in [0, 0.05) is 30.1 Å². The molecule has 6 heteroatoms. The molecule has 1 heterocycles. The maximum absolute atomic E-state index is 12.7. The monoisotopic (exact) mass is 336 g/mol. The van der Waals surface area contributed by atoms with Crippen LogP contribution in [0.25, 0.3) is 0 Å². The Labute approximate surface area is 135 Å². The minimum atomic E-state index is -3.57. The predicted octanol–water partition coefficient (Wildman–Crippen LogP) is 2.46. The minimum absolute atomic E-state index is 0.00941. The largest absolute Gasteiger partial charge is 0.326 e. The third-order valence-electron chi connectivity index (χ3n) is 3.99. The van der Waals surface area contributed by atoms with Gasteiger partial charge in [-0.05, 0) is 23.8 Å². The fraction of sp³-hybridized carbons (Fsp3) is 0.250. The lowest BCUT2D eigenvalue weighted by Gasteiger charge is -2.16. The zero-order valence-corrected chi connectivity index (χ0v) is 13.5. The van der Waals surface area contributed by atoms with Crippen LogP contribution in [0, 0.1) is 0 Å². The van der Waals surface area contributed by atoms with Gasteiger partial charge < -0.3 is 5.73 Å². The summed E-state index contributed by atoms with van der Waals surface area (Å²) in [5.74, 6) is 0.00941. The van der Waals surface area contributed by atoms with Crippen LogP contribution < -0.4 is 5.73 Å². The molecule has 0 saturated carbocycles. The van der Waals surface area contributed by atoms with Crippen LogP contribution in [0.5, 0.6) is 0 Å². The van der Waals surface area contributed by atoms with E-state index < -0.39 is 10.0 Å². The summed E-state index contributed by atoms with van der Waals surface area (Å²) in [5.41, 5.74) is 7.24. The Balaban J connectivity index is 1.88. The van der Waals surface area contributed by atoms with E-state index in [0.29, 0.717) is 18.1 Å². The van der Waals surface area contributed by atoms with E-state index in [1.807, 2.05) is 30.3 Å². The van der Waals surface area contributed by atoms with Gasteiger partial charge >= 0.3 is 0 Å². The molecule has 0 spiro atoms. The highest BCUT2D eigenvalue weighted by Crippen LogP contribution is 2.30. The lowest BCUT2D eigenvalue weighted by molar-refractivity contribution is 0.470. The molecule has 1 saturated heterocycles. The van der Waals surface area contributed by atoms with Crippen LogP contribution >= 0.6 is 11.6 Å². The summed E-state index contributed by atoms with van der Waals surface area (Å²) in [7, 11) is -3.57. The lowest BCUT2D eigenvalue weighted by Crippen LogP contribution is -2.32. The van der Waals surface area contributed by atoms with Crippen molar-refractivity contribution in [1.29, 1.82) is 0 Å². The summed E-state index contributed by atoms with van der Waals surface area (Å²) < 4.78 is 26.9. The number of hydrogen-bond donors (Lipinski definition) is 1. The summed E-state index contributed by atoms with van der Waals surface area (Å²) >= 11 is 5.90. The molecule has 22 heavy (non-hydrogen) atoms. The van der Waals surface area contributed by atoms with Crippen molar-refractivity contribution >= 4 is 21.6 Å². The summed E-state index contributed by atoms with van der Waals surface area (Å²) in [6.45, 7) is 0.703. The van der Waals surface area contributed by atoms with Gasteiger partial charge in [0.05, 0.1) is 4.90 Å². The summed E-state index contributed by atoms with van der Waals surface area (Å²) in [6, 6.07) is 15.9. The van der Waals surface area contributed by atoms with Crippen LogP contribution in [0.2, 0.25) is 5.02 Å². The van der Waals surface area contributed by atoms with Gasteiger partial charge in [-0.2, -0.15) is 4.31 Å². The molecule has 0 unspecified atom stereocenters. The standard InChI is InChI=1S/C16H17ClN2O2S/c17-13-7-4-8-14(9-13)22(20,21)19-10-15(16(18)11-19)12-5-2-1-3-6-12/h1-9,15-16H,10-11,18H2/t15-,16+/m0/s1. The second-order valence-corrected chi connectivity index (χ2v) is 7.83. The van der Waals surface area contributed by atoms with E-state index in [1.165, 1.54) is 10.4 Å². The number of hydrogen-bond acceptors (Lipinski definition) is 3. The molecule has 2 N–H and O–H groups in total. The smallest absolute Gasteiger partial charge is 0.243 e. The van der Waals surface area contributed by atoms with Gasteiger partial charge in [-0.1, -0.05) is 48.0 Å². The van der Waals surface area contributed by atoms with Gasteiger partial charge in [-0.3, -0.25) is 0 Å². The molecule has 1 aliphatic heterocycles. The van der Waals surface area contributed by atoms with Crippen LogP contribution in [0.1, 0.15) is 11.5 Å². The summed E-state index contributed by atoms with van der Waals surface area (Å²) in [5, 5.41) is 0.407. The molecule has 1 fully saturated rings. The quantitative estimate of drug-likeness (QED) is 0.936. The van der Waals surface area contributed by atoms with E-state index in [4.69, 9.17) is 17.3 Å². The molecule has 0 amide bonds. The van der Waals surface area contributed by atoms with Gasteiger partial charge in [0.1, 0.15) is 0 Å². The first-order valence-electron chi connectivity index (χ1n) is 7.05. The molecule has 0 aliphatic carbocycles. The first-order chi connectivity index (χ1) is 10.5. The lowest BCUT2D eigenvalue weighted by atomic mass is 9.95. The van der Waals surface area contributed by atoms with Crippen LogP contribution in [0.3, 0.4) is 0 Å². The predicted molar refractivity (Wildman–Crippen MR) is 87.4 cm³/mol. The van der Waals surface area contributed by atoms with Crippen molar-refractivity contribution in [2.24, 2.45) is 5.73 Å². The van der Waals surface area contributed by atoms with E-state index in [9.17, 15) is 8.42 Å². The average Bonchev–Trinajstić information content (AvgIpc) is 2.91. The molecular formula is C16H17ClN2O2S. The Kier molecular flexibility index (Phi) is 4.23. The van der Waals surface area contributed by atoms with Crippen molar-refractivity contribution in [2.75, 3.05) is 13.1 Å². The first-order valence-corrected chi connectivity index (χ1v) is 8.86. The van der Waals surface area contributed by atoms with Gasteiger partial charge in [0.25, 0.3) is 0 Å². The first kappa shape index (κ1) is 15.5. The average molecular weight is 337 g/mol. The molecule has 3 rings (SSSR count). The second kappa shape index (κ2) is 6.01. The molecule has 0 bridgehead atoms. The van der Waals surface area contributed by atoms with E-state index in [2.05, 4.69) is 0 Å². The van der Waals surface area contributed by atoms with Crippen LogP contribution in [0.4, 0.5) is 0 Å². The Morgan fingerprint density at radius 3 is 2.45 bits per heavy atom. The van der Waals surface area contributed by atoms with Crippen molar-refractivity contribution in [1.82, 2.24) is 4.31 Å². The highest BCUT2D eigenvalue weighted by molar-refractivity contribution is 7.89. The van der Waals surface area contributed by atoms with Crippen molar-refractivity contribution in [3.63, 3.8) is 0 Å². The fourth-order valence-electron chi connectivity index (χ4n) is 2.82. The second-order valence-electron chi connectivity index (χ2n) is 5.46. The van der Waals surface area contributed by atoms with Gasteiger partial charge in [-0.15, -0.1) is 0 Å². The topological polar surface area (TPSA) is 63.4 Å². The Hall–Kier alpha value is -1.40. The maximum atomic E-state index is 12.7. The molecule has 0 aromatic heterocycles. The molecule has 2 aromatic rings. The number of nitrogens with two attached hydrogens (primary N) is 1. The Morgan fingerprint density at radius 2 is 1.77 bits per heavy atom. The van der Waals surface area contributed by atoms with Crippen molar-refractivity contribution < 1.29 is 8.42 Å². The molecule has 116 valence electrons. The van der Waals surface area contributed by atoms with Gasteiger partial charge in [0.2, 0.25) is 10.0 Å². The Bertz CT molecular complexity index is 765. The minimum Gasteiger partial charge on any atom is -0.326 e. The van der Waals surface area contributed by atoms with Crippen molar-refractivity contribution in [3.05, 3.63) is 65.2 Å². The molecule has 4 nitrogen and oxygen atoms in total. The Morgan fingerprint density at radius 1 is 1.05 bits per heavy atom. The van der Waals surface area contributed by atoms with Gasteiger partial charge in [-0.25, -0.2) is 8.42 Å². The highest BCUT2D eigenvalue weighted by atomic mass is 35.5. The van der Waals surface area contributed by atoms with Crippen LogP contribution in [-0.4, -0.2) is 31.9 Å². The van der Waals surface area contributed by atoms with Gasteiger partial charge in [0.15, 0.2) is 0 Å². The molecule has 2 aromatic carbocycles. The highest BCUT2D eigenvalue weighted by Gasteiger charge is 2.38. The normalized spacial score (nSPS) is 22.8. The number of rotatable bonds is 3. The molecular weight excluding hydrogens is 320 g/mol. The summed E-state index contributed by atoms with van der Waals surface area (Å²) in [4.78, 5) is 0.209. The number of halogens is 1. The van der Waals surface area contributed by atoms with Crippen molar-refractivity contribution in [3.8, 4) is 0 Å². The third kappa shape index (κ3) is 2.90. The van der Waals surface area contributed by atoms with Crippen molar-refractivity contribution in [2.45, 2.75) is 16.9 Å². The zero-order valence-electron chi connectivity index (χ0n) is 11.9. The fourth-order valence-corrected chi connectivity index (χ4v) is 4.62. The maximum Gasteiger partial charge on any atom is 0.243 e. The molecule has 2 atom stereocenters. The van der Waals surface area contributed by atoms with Crippen LogP contribution in [0.15, 0.2) is 59.5 Å². The van der Waals surface area contributed by atoms with E-state index in [-0.39, 0.29) is 16.9 Å². The SMILES string of the molecule is N[C@@H]1CN(S(=O)(=O)c2cccc(Cl)c2)C[C@H]1c1ccccc1. The number of nitrogens with zero attached hydrogens (tertiary/aromatic N) is 1. The number of sulfonamides is 1. The molecule has 0 radical (unpaired) electrons. The van der Waals surface area contributed by atoms with E-state index in [1.54, 1.807) is 18.2 Å². The van der Waals surface area contributed by atoms with E-state index in [0.717, 1.165) is 5.56 Å². The van der Waals surface area contributed by atoms with E-state index >= 15 is 0 Å². The number of benzene rings is 2. The summed E-state index contributed by atoms with van der Waals surface area (Å²) in [6.07, 6.45) is 0. The third-order valence-corrected chi connectivity index (χ3v) is 6.06. The van der Waals surface area contributed by atoms with Crippen LogP contribution in [-0.2, 0) is 10.0 Å².